The van der Waals surface area contributed by atoms with E-state index in [9.17, 15) is 36.0 Å². The lowest BCUT2D eigenvalue weighted by Gasteiger charge is -2.26. The topological polar surface area (TPSA) is 134 Å². The number of alkyl halides is 3. The Hall–Kier alpha value is -4.43. The third kappa shape index (κ3) is 8.43. The molecular weight excluding hydrogens is 625 g/mol. The van der Waals surface area contributed by atoms with Crippen molar-refractivity contribution >= 4 is 39.2 Å². The minimum Gasteiger partial charge on any atom is -0.418 e. The molecule has 0 saturated carbocycles. The number of carbonyl (C=O) groups is 3. The van der Waals surface area contributed by atoms with Gasteiger partial charge in [-0.15, -0.1) is 0 Å². The number of hydrogen-bond donors (Lipinski definition) is 3. The Morgan fingerprint density at radius 1 is 0.935 bits per heavy atom. The molecule has 0 bridgehead atoms. The average Bonchev–Trinajstić information content (AvgIpc) is 3.03. The molecule has 1 unspecified atom stereocenters. The summed E-state index contributed by atoms with van der Waals surface area (Å²) in [6.45, 7) is 5.87. The van der Waals surface area contributed by atoms with Gasteiger partial charge in [-0.25, -0.2) is 17.5 Å². The molecule has 0 spiro atoms. The van der Waals surface area contributed by atoms with Crippen LogP contribution in [-0.2, 0) is 19.6 Å². The molecule has 0 aliphatic carbocycles. The van der Waals surface area contributed by atoms with Crippen LogP contribution in [0.4, 0.5) is 24.5 Å². The molecule has 1 aliphatic heterocycles. The lowest BCUT2D eigenvalue weighted by Crippen LogP contribution is -2.51. The van der Waals surface area contributed by atoms with Crippen molar-refractivity contribution in [2.24, 2.45) is 11.8 Å². The van der Waals surface area contributed by atoms with Crippen molar-refractivity contribution in [1.82, 2.24) is 16.0 Å². The zero-order chi connectivity index (χ0) is 33.5. The molecule has 3 aromatic rings. The number of anilines is 2. The zero-order valence-corrected chi connectivity index (χ0v) is 26.0. The SMILES string of the molecule is CC(C)C(NC(=O)c1ccc(S(=O)(=O)N(c2ccccc2)c2ccccc2OC(=O)C(F)(F)F)cc1)C(=O)NCC1CCNCC1. The molecule has 1 saturated heterocycles. The van der Waals surface area contributed by atoms with E-state index < -0.39 is 39.9 Å². The number of nitrogens with zero attached hydrogens (tertiary/aromatic N) is 1. The molecule has 0 radical (unpaired) electrons. The lowest BCUT2D eigenvalue weighted by molar-refractivity contribution is -0.189. The van der Waals surface area contributed by atoms with E-state index in [1.165, 1.54) is 66.7 Å². The van der Waals surface area contributed by atoms with Crippen molar-refractivity contribution in [3.8, 4) is 5.75 Å². The maximum Gasteiger partial charge on any atom is 0.491 e. The molecule has 1 atom stereocenters. The second kappa shape index (κ2) is 14.8. The number of ether oxygens (including phenoxy) is 1. The van der Waals surface area contributed by atoms with Crippen molar-refractivity contribution < 1.29 is 40.7 Å². The summed E-state index contributed by atoms with van der Waals surface area (Å²) in [6.07, 6.45) is -3.43. The number of sulfonamides is 1. The Bertz CT molecular complexity index is 1630. The van der Waals surface area contributed by atoms with E-state index in [0.717, 1.165) is 36.3 Å². The first-order valence-corrected chi connectivity index (χ1v) is 16.1. The minimum atomic E-state index is -5.32. The van der Waals surface area contributed by atoms with Crippen molar-refractivity contribution in [1.29, 1.82) is 0 Å². The normalized spacial score (nSPS) is 14.7. The van der Waals surface area contributed by atoms with Gasteiger partial charge in [-0.05, 0) is 86.3 Å². The molecule has 10 nitrogen and oxygen atoms in total. The molecule has 46 heavy (non-hydrogen) atoms. The van der Waals surface area contributed by atoms with Crippen molar-refractivity contribution in [3.05, 3.63) is 84.4 Å². The summed E-state index contributed by atoms with van der Waals surface area (Å²) in [4.78, 5) is 37.4. The number of halogens is 3. The van der Waals surface area contributed by atoms with E-state index in [-0.39, 0.29) is 33.7 Å². The molecule has 246 valence electrons. The summed E-state index contributed by atoms with van der Waals surface area (Å²) in [6, 6.07) is 16.5. The van der Waals surface area contributed by atoms with Crippen LogP contribution < -0.4 is 25.0 Å². The highest BCUT2D eigenvalue weighted by molar-refractivity contribution is 7.93. The Morgan fingerprint density at radius 2 is 1.54 bits per heavy atom. The number of rotatable bonds is 11. The minimum absolute atomic E-state index is 0.0510. The number of para-hydroxylation sites is 3. The Balaban J connectivity index is 1.58. The molecule has 1 heterocycles. The van der Waals surface area contributed by atoms with Crippen molar-refractivity contribution in [3.63, 3.8) is 0 Å². The summed E-state index contributed by atoms with van der Waals surface area (Å²) in [7, 11) is -4.55. The fraction of sp³-hybridized carbons (Fsp3) is 0.344. The molecule has 4 rings (SSSR count). The van der Waals surface area contributed by atoms with E-state index >= 15 is 0 Å². The van der Waals surface area contributed by atoms with Gasteiger partial charge in [0, 0.05) is 12.1 Å². The third-order valence-electron chi connectivity index (χ3n) is 7.42. The monoisotopic (exact) mass is 660 g/mol. The largest absolute Gasteiger partial charge is 0.491 e. The van der Waals surface area contributed by atoms with Gasteiger partial charge in [-0.3, -0.25) is 9.59 Å². The highest BCUT2D eigenvalue weighted by Gasteiger charge is 2.42. The van der Waals surface area contributed by atoms with E-state index in [0.29, 0.717) is 12.5 Å². The summed E-state index contributed by atoms with van der Waals surface area (Å²) >= 11 is 0. The highest BCUT2D eigenvalue weighted by atomic mass is 32.2. The van der Waals surface area contributed by atoms with Gasteiger partial charge in [0.25, 0.3) is 15.9 Å². The average molecular weight is 661 g/mol. The number of nitrogens with one attached hydrogen (secondary N) is 3. The number of hydrogen-bond acceptors (Lipinski definition) is 7. The maximum absolute atomic E-state index is 14.0. The zero-order valence-electron chi connectivity index (χ0n) is 25.2. The fourth-order valence-corrected chi connectivity index (χ4v) is 6.42. The van der Waals surface area contributed by atoms with Crippen LogP contribution in [0, 0.1) is 11.8 Å². The number of esters is 1. The first-order valence-electron chi connectivity index (χ1n) is 14.7. The van der Waals surface area contributed by atoms with Crippen LogP contribution in [0.25, 0.3) is 0 Å². The lowest BCUT2D eigenvalue weighted by atomic mass is 9.97. The molecule has 1 aliphatic rings. The number of benzene rings is 3. The molecule has 0 aromatic heterocycles. The molecule has 3 N–H and O–H groups in total. The maximum atomic E-state index is 14.0. The first-order chi connectivity index (χ1) is 21.8. The van der Waals surface area contributed by atoms with Crippen LogP contribution in [0.1, 0.15) is 37.0 Å². The van der Waals surface area contributed by atoms with E-state index in [1.807, 2.05) is 0 Å². The molecule has 2 amide bonds. The van der Waals surface area contributed by atoms with Crippen molar-refractivity contribution in [2.75, 3.05) is 23.9 Å². The van der Waals surface area contributed by atoms with Crippen LogP contribution in [0.5, 0.6) is 5.75 Å². The van der Waals surface area contributed by atoms with Crippen LogP contribution in [-0.4, -0.2) is 58.1 Å². The Morgan fingerprint density at radius 3 is 2.15 bits per heavy atom. The smallest absolute Gasteiger partial charge is 0.418 e. The number of amides is 2. The predicted octanol–water partition coefficient (Wildman–Crippen LogP) is 4.55. The van der Waals surface area contributed by atoms with Crippen LogP contribution in [0.15, 0.2) is 83.8 Å². The van der Waals surface area contributed by atoms with Crippen LogP contribution in [0.2, 0.25) is 0 Å². The van der Waals surface area contributed by atoms with Gasteiger partial charge < -0.3 is 20.7 Å². The Kier molecular flexibility index (Phi) is 11.1. The summed E-state index contributed by atoms with van der Waals surface area (Å²) in [5, 5.41) is 8.93. The standard InChI is InChI=1S/C32H35F3N4O6S/c1-21(2)28(30(41)37-20-22-16-18-36-19-17-22)38-29(40)23-12-14-25(15-13-23)46(43,44)39(24-8-4-3-5-9-24)26-10-6-7-11-27(26)45-31(42)32(33,34)35/h3-15,21-22,28,36H,16-20H2,1-2H3,(H,37,41)(H,38,40). The molecule has 14 heteroatoms. The van der Waals surface area contributed by atoms with Gasteiger partial charge >= 0.3 is 12.1 Å². The third-order valence-corrected chi connectivity index (χ3v) is 9.18. The molecule has 1 fully saturated rings. The fourth-order valence-electron chi connectivity index (χ4n) is 4.92. The second-order valence-corrected chi connectivity index (χ2v) is 12.9. The van der Waals surface area contributed by atoms with Gasteiger partial charge in [-0.1, -0.05) is 44.2 Å². The quantitative estimate of drug-likeness (QED) is 0.203. The van der Waals surface area contributed by atoms with Gasteiger partial charge in [0.1, 0.15) is 11.7 Å². The second-order valence-electron chi connectivity index (χ2n) is 11.1. The molecular formula is C32H35F3N4O6S. The molecule has 3 aromatic carbocycles. The van der Waals surface area contributed by atoms with Crippen molar-refractivity contribution in [2.45, 2.75) is 43.8 Å². The van der Waals surface area contributed by atoms with E-state index in [2.05, 4.69) is 20.7 Å². The summed E-state index contributed by atoms with van der Waals surface area (Å²) < 4.78 is 72.4. The number of piperidine rings is 1. The van der Waals surface area contributed by atoms with Crippen LogP contribution in [0.3, 0.4) is 0 Å². The highest BCUT2D eigenvalue weighted by Crippen LogP contribution is 2.39. The van der Waals surface area contributed by atoms with Gasteiger partial charge in [0.15, 0.2) is 5.75 Å². The van der Waals surface area contributed by atoms with Gasteiger partial charge in [-0.2, -0.15) is 13.2 Å². The van der Waals surface area contributed by atoms with E-state index in [1.54, 1.807) is 19.9 Å². The van der Waals surface area contributed by atoms with Crippen LogP contribution >= 0.6 is 0 Å². The van der Waals surface area contributed by atoms with Gasteiger partial charge in [0.05, 0.1) is 10.6 Å². The summed E-state index contributed by atoms with van der Waals surface area (Å²) in [5.41, 5.74) is -0.208. The van der Waals surface area contributed by atoms with Gasteiger partial charge in [0.2, 0.25) is 5.91 Å². The van der Waals surface area contributed by atoms with E-state index in [4.69, 9.17) is 0 Å². The summed E-state index contributed by atoms with van der Waals surface area (Å²) in [5.74, 6) is -3.94. The first kappa shape index (κ1) is 34.4. The predicted molar refractivity (Wildman–Crippen MR) is 165 cm³/mol. The Labute approximate surface area is 265 Å². The number of carbonyl (C=O) groups excluding carboxylic acids is 3.